The van der Waals surface area contributed by atoms with E-state index in [1.54, 1.807) is 6.07 Å². The summed E-state index contributed by atoms with van der Waals surface area (Å²) in [5.74, 6) is -0.160. The van der Waals surface area contributed by atoms with Gasteiger partial charge in [0.2, 0.25) is 5.91 Å². The number of carbonyl (C=O) groups excluding carboxylic acids is 1. The van der Waals surface area contributed by atoms with E-state index in [1.165, 1.54) is 12.1 Å². The molecule has 7 heteroatoms. The maximum Gasteiger partial charge on any atom is 0.586 e. The van der Waals surface area contributed by atoms with Gasteiger partial charge in [-0.1, -0.05) is 12.8 Å². The van der Waals surface area contributed by atoms with Crippen molar-refractivity contribution in [3.05, 3.63) is 18.2 Å². The summed E-state index contributed by atoms with van der Waals surface area (Å²) in [6.45, 7) is 0.0898. The Balaban J connectivity index is 1.53. The van der Waals surface area contributed by atoms with E-state index in [9.17, 15) is 13.6 Å². The van der Waals surface area contributed by atoms with E-state index in [2.05, 4.69) is 20.1 Å². The zero-order valence-electron chi connectivity index (χ0n) is 11.3. The van der Waals surface area contributed by atoms with Crippen LogP contribution in [0.1, 0.15) is 25.7 Å². The van der Waals surface area contributed by atoms with E-state index in [0.29, 0.717) is 5.69 Å². The van der Waals surface area contributed by atoms with Crippen molar-refractivity contribution in [2.45, 2.75) is 38.0 Å². The number of fused-ring (bicyclic) bond motifs is 1. The minimum atomic E-state index is -3.62. The normalized spacial score (nSPS) is 19.5. The van der Waals surface area contributed by atoms with Gasteiger partial charge in [0.25, 0.3) is 0 Å². The number of carbonyl (C=O) groups is 1. The molecule has 1 saturated carbocycles. The maximum atomic E-state index is 12.9. The molecule has 0 atom stereocenters. The third kappa shape index (κ3) is 3.34. The standard InChI is InChI=1S/C14H16F2N2O3/c15-14(16)20-11-6-5-10(7-12(11)21-14)17-8-13(19)18-9-3-1-2-4-9/h5-7,9,17H,1-4,8H2,(H,18,19). The molecule has 1 aliphatic carbocycles. The van der Waals surface area contributed by atoms with Gasteiger partial charge in [-0.25, -0.2) is 0 Å². The van der Waals surface area contributed by atoms with Gasteiger partial charge in [0.15, 0.2) is 11.5 Å². The van der Waals surface area contributed by atoms with Gasteiger partial charge in [0.1, 0.15) is 0 Å². The van der Waals surface area contributed by atoms with Crippen molar-refractivity contribution in [2.24, 2.45) is 0 Å². The molecule has 2 N–H and O–H groups in total. The second-order valence-electron chi connectivity index (χ2n) is 5.23. The summed E-state index contributed by atoms with van der Waals surface area (Å²) in [4.78, 5) is 11.8. The minimum Gasteiger partial charge on any atom is -0.395 e. The average molecular weight is 298 g/mol. The molecule has 0 saturated heterocycles. The van der Waals surface area contributed by atoms with E-state index < -0.39 is 6.29 Å². The van der Waals surface area contributed by atoms with Crippen molar-refractivity contribution in [2.75, 3.05) is 11.9 Å². The maximum absolute atomic E-state index is 12.9. The fraction of sp³-hybridized carbons (Fsp3) is 0.500. The van der Waals surface area contributed by atoms with Crippen LogP contribution < -0.4 is 20.1 Å². The number of benzene rings is 1. The van der Waals surface area contributed by atoms with Crippen LogP contribution in [-0.4, -0.2) is 24.8 Å². The van der Waals surface area contributed by atoms with Crippen molar-refractivity contribution in [3.63, 3.8) is 0 Å². The number of anilines is 1. The van der Waals surface area contributed by atoms with Crippen LogP contribution in [0.4, 0.5) is 14.5 Å². The van der Waals surface area contributed by atoms with Crippen LogP contribution in [0, 0.1) is 0 Å². The second-order valence-corrected chi connectivity index (χ2v) is 5.23. The SMILES string of the molecule is O=C(CNc1ccc2c(c1)OC(F)(F)O2)NC1CCCC1. The Morgan fingerprint density at radius 3 is 2.71 bits per heavy atom. The number of alkyl halides is 2. The second kappa shape index (κ2) is 5.38. The largest absolute Gasteiger partial charge is 0.586 e. The van der Waals surface area contributed by atoms with Gasteiger partial charge in [0, 0.05) is 17.8 Å². The van der Waals surface area contributed by atoms with E-state index >= 15 is 0 Å². The summed E-state index contributed by atoms with van der Waals surface area (Å²) < 4.78 is 34.4. The molecule has 1 fully saturated rings. The Morgan fingerprint density at radius 1 is 1.24 bits per heavy atom. The van der Waals surface area contributed by atoms with Gasteiger partial charge >= 0.3 is 6.29 Å². The van der Waals surface area contributed by atoms with Crippen LogP contribution in [-0.2, 0) is 4.79 Å². The highest BCUT2D eigenvalue weighted by atomic mass is 19.3. The van der Waals surface area contributed by atoms with E-state index in [1.807, 2.05) is 0 Å². The van der Waals surface area contributed by atoms with Gasteiger partial charge in [-0.15, -0.1) is 8.78 Å². The molecular formula is C14H16F2N2O3. The first-order chi connectivity index (χ1) is 10.0. The topological polar surface area (TPSA) is 59.6 Å². The Morgan fingerprint density at radius 2 is 1.95 bits per heavy atom. The summed E-state index contributed by atoms with van der Waals surface area (Å²) in [5, 5.41) is 5.82. The highest BCUT2D eigenvalue weighted by Gasteiger charge is 2.43. The molecule has 0 bridgehead atoms. The molecule has 0 radical (unpaired) electrons. The van der Waals surface area contributed by atoms with E-state index in [0.717, 1.165) is 25.7 Å². The predicted octanol–water partition coefficient (Wildman–Crippen LogP) is 2.48. The summed E-state index contributed by atoms with van der Waals surface area (Å²) in [7, 11) is 0. The molecule has 5 nitrogen and oxygen atoms in total. The first-order valence-electron chi connectivity index (χ1n) is 6.95. The molecule has 0 unspecified atom stereocenters. The number of ether oxygens (including phenoxy) is 2. The quantitative estimate of drug-likeness (QED) is 0.896. The zero-order chi connectivity index (χ0) is 14.9. The summed E-state index contributed by atoms with van der Waals surface area (Å²) >= 11 is 0. The lowest BCUT2D eigenvalue weighted by molar-refractivity contribution is -0.286. The van der Waals surface area contributed by atoms with Gasteiger partial charge < -0.3 is 20.1 Å². The smallest absolute Gasteiger partial charge is 0.395 e. The lowest BCUT2D eigenvalue weighted by Crippen LogP contribution is -2.36. The van der Waals surface area contributed by atoms with Crippen LogP contribution in [0.25, 0.3) is 0 Å². The molecule has 114 valence electrons. The molecule has 1 heterocycles. The van der Waals surface area contributed by atoms with Gasteiger partial charge in [0.05, 0.1) is 6.54 Å². The van der Waals surface area contributed by atoms with Crippen LogP contribution >= 0.6 is 0 Å². The number of amides is 1. The third-order valence-electron chi connectivity index (χ3n) is 3.57. The number of nitrogens with one attached hydrogen (secondary N) is 2. The molecule has 1 aliphatic heterocycles. The monoisotopic (exact) mass is 298 g/mol. The number of rotatable bonds is 4. The Bertz CT molecular complexity index is 545. The molecule has 1 aromatic rings. The Kier molecular flexibility index (Phi) is 3.57. The fourth-order valence-corrected chi connectivity index (χ4v) is 2.59. The van der Waals surface area contributed by atoms with Gasteiger partial charge in [-0.05, 0) is 25.0 Å². The first-order valence-corrected chi connectivity index (χ1v) is 6.95. The van der Waals surface area contributed by atoms with E-state index in [-0.39, 0.29) is 30.0 Å². The van der Waals surface area contributed by atoms with Gasteiger partial charge in [-0.2, -0.15) is 0 Å². The fourth-order valence-electron chi connectivity index (χ4n) is 2.59. The van der Waals surface area contributed by atoms with Crippen molar-refractivity contribution in [3.8, 4) is 11.5 Å². The lowest BCUT2D eigenvalue weighted by atomic mass is 10.2. The summed E-state index contributed by atoms with van der Waals surface area (Å²) in [6.07, 6.45) is 0.708. The van der Waals surface area contributed by atoms with Gasteiger partial charge in [-0.3, -0.25) is 4.79 Å². The van der Waals surface area contributed by atoms with Crippen LogP contribution in [0.2, 0.25) is 0 Å². The summed E-state index contributed by atoms with van der Waals surface area (Å²) in [6, 6.07) is 4.59. The van der Waals surface area contributed by atoms with E-state index in [4.69, 9.17) is 0 Å². The molecule has 21 heavy (non-hydrogen) atoms. The Hall–Kier alpha value is -2.05. The molecule has 2 aliphatic rings. The average Bonchev–Trinajstić information content (AvgIpc) is 3.01. The summed E-state index contributed by atoms with van der Waals surface area (Å²) in [5.41, 5.74) is 0.525. The van der Waals surface area contributed by atoms with Crippen molar-refractivity contribution in [1.82, 2.24) is 5.32 Å². The highest BCUT2D eigenvalue weighted by molar-refractivity contribution is 5.81. The number of halogens is 2. The first kappa shape index (κ1) is 13.9. The third-order valence-corrected chi connectivity index (χ3v) is 3.57. The van der Waals surface area contributed by atoms with Crippen molar-refractivity contribution < 1.29 is 23.0 Å². The van der Waals surface area contributed by atoms with Crippen LogP contribution in [0.3, 0.4) is 0 Å². The zero-order valence-corrected chi connectivity index (χ0v) is 11.3. The van der Waals surface area contributed by atoms with Crippen LogP contribution in [0.5, 0.6) is 11.5 Å². The molecule has 0 aromatic heterocycles. The minimum absolute atomic E-state index is 0.0130. The molecule has 1 aromatic carbocycles. The molecule has 0 spiro atoms. The van der Waals surface area contributed by atoms with Crippen molar-refractivity contribution in [1.29, 1.82) is 0 Å². The molecule has 1 amide bonds. The van der Waals surface area contributed by atoms with Crippen LogP contribution in [0.15, 0.2) is 18.2 Å². The highest BCUT2D eigenvalue weighted by Crippen LogP contribution is 2.42. The Labute approximate surface area is 120 Å². The molecular weight excluding hydrogens is 282 g/mol. The predicted molar refractivity (Wildman–Crippen MR) is 71.5 cm³/mol. The number of hydrogen-bond acceptors (Lipinski definition) is 4. The van der Waals surface area contributed by atoms with Crippen molar-refractivity contribution >= 4 is 11.6 Å². The molecule has 3 rings (SSSR count). The number of hydrogen-bond donors (Lipinski definition) is 2. The lowest BCUT2D eigenvalue weighted by Gasteiger charge is -2.12.